The highest BCUT2D eigenvalue weighted by Gasteiger charge is 2.04. The van der Waals surface area contributed by atoms with Crippen LogP contribution in [0, 0.1) is 0 Å². The van der Waals surface area contributed by atoms with Crippen molar-refractivity contribution in [2.45, 2.75) is 18.9 Å². The number of hydrogen-bond donors (Lipinski definition) is 2. The Labute approximate surface area is 96.4 Å². The molecule has 0 saturated heterocycles. The van der Waals surface area contributed by atoms with Gasteiger partial charge in [-0.3, -0.25) is 4.68 Å². The molecule has 16 heavy (non-hydrogen) atoms. The first-order valence-electron chi connectivity index (χ1n) is 5.57. The molecular weight excluding hydrogens is 206 g/mol. The van der Waals surface area contributed by atoms with Crippen LogP contribution >= 0.6 is 0 Å². The lowest BCUT2D eigenvalue weighted by Gasteiger charge is -2.10. The Balaban J connectivity index is 2.08. The number of nitrogens with zero attached hydrogens (tertiary/aromatic N) is 2. The van der Waals surface area contributed by atoms with Crippen LogP contribution in [-0.2, 0) is 18.2 Å². The van der Waals surface area contributed by atoms with Gasteiger partial charge in [-0.25, -0.2) is 0 Å². The minimum Gasteiger partial charge on any atom is -0.392 e. The third-order valence-corrected chi connectivity index (χ3v) is 2.39. The lowest BCUT2D eigenvalue weighted by atomic mass is 10.1. The molecule has 0 aliphatic carbocycles. The van der Waals surface area contributed by atoms with E-state index in [1.807, 2.05) is 19.4 Å². The number of hydrogen-bond acceptors (Lipinski definition) is 4. The Morgan fingerprint density at radius 1 is 1.62 bits per heavy atom. The second kappa shape index (κ2) is 7.38. The summed E-state index contributed by atoms with van der Waals surface area (Å²) < 4.78 is 6.68. The van der Waals surface area contributed by atoms with E-state index in [-0.39, 0.29) is 6.10 Å². The summed E-state index contributed by atoms with van der Waals surface area (Å²) >= 11 is 0. The van der Waals surface area contributed by atoms with Crippen LogP contribution in [0.25, 0.3) is 0 Å². The van der Waals surface area contributed by atoms with E-state index < -0.39 is 0 Å². The monoisotopic (exact) mass is 227 g/mol. The summed E-state index contributed by atoms with van der Waals surface area (Å²) in [4.78, 5) is 0. The number of rotatable bonds is 8. The molecule has 2 N–H and O–H groups in total. The van der Waals surface area contributed by atoms with Gasteiger partial charge in [0.2, 0.25) is 0 Å². The molecule has 0 aromatic carbocycles. The van der Waals surface area contributed by atoms with Gasteiger partial charge in [0.25, 0.3) is 0 Å². The van der Waals surface area contributed by atoms with Gasteiger partial charge >= 0.3 is 0 Å². The molecule has 0 aliphatic heterocycles. The highest BCUT2D eigenvalue weighted by atomic mass is 16.5. The van der Waals surface area contributed by atoms with Crippen molar-refractivity contribution in [3.8, 4) is 0 Å². The van der Waals surface area contributed by atoms with Crippen molar-refractivity contribution < 1.29 is 9.84 Å². The molecule has 92 valence electrons. The summed E-state index contributed by atoms with van der Waals surface area (Å²) in [6.07, 6.45) is 5.13. The minimum atomic E-state index is -0.308. The first kappa shape index (κ1) is 13.2. The predicted octanol–water partition coefficient (Wildman–Crippen LogP) is -0.0504. The third kappa shape index (κ3) is 5.25. The van der Waals surface area contributed by atoms with Crippen molar-refractivity contribution in [1.82, 2.24) is 15.1 Å². The molecule has 1 rings (SSSR count). The topological polar surface area (TPSA) is 59.3 Å². The highest BCUT2D eigenvalue weighted by molar-refractivity contribution is 5.03. The standard InChI is InChI=1S/C11H21N3O2/c1-14-9-10(7-13-14)3-4-11(15)8-12-5-6-16-2/h7,9,11-12,15H,3-6,8H2,1-2H3. The molecule has 1 aromatic heterocycles. The van der Waals surface area contributed by atoms with E-state index in [9.17, 15) is 5.11 Å². The molecule has 5 heteroatoms. The van der Waals surface area contributed by atoms with E-state index in [4.69, 9.17) is 4.74 Å². The lowest BCUT2D eigenvalue weighted by Crippen LogP contribution is -2.29. The van der Waals surface area contributed by atoms with Crippen molar-refractivity contribution in [2.75, 3.05) is 26.8 Å². The minimum absolute atomic E-state index is 0.308. The van der Waals surface area contributed by atoms with Crippen molar-refractivity contribution in [1.29, 1.82) is 0 Å². The molecule has 0 saturated carbocycles. The molecule has 0 radical (unpaired) electrons. The van der Waals surface area contributed by atoms with Gasteiger partial charge in [0.15, 0.2) is 0 Å². The van der Waals surface area contributed by atoms with Crippen molar-refractivity contribution in [3.63, 3.8) is 0 Å². The van der Waals surface area contributed by atoms with E-state index in [2.05, 4.69) is 10.4 Å². The van der Waals surface area contributed by atoms with Crippen LogP contribution in [-0.4, -0.2) is 47.8 Å². The maximum Gasteiger partial charge on any atom is 0.0667 e. The van der Waals surface area contributed by atoms with Gasteiger partial charge in [0, 0.05) is 33.4 Å². The molecule has 1 heterocycles. The molecule has 0 fully saturated rings. The van der Waals surface area contributed by atoms with Gasteiger partial charge in [-0.2, -0.15) is 5.10 Å². The van der Waals surface area contributed by atoms with Crippen LogP contribution in [0.1, 0.15) is 12.0 Å². The van der Waals surface area contributed by atoms with Crippen LogP contribution in [0.2, 0.25) is 0 Å². The lowest BCUT2D eigenvalue weighted by molar-refractivity contribution is 0.152. The zero-order valence-electron chi connectivity index (χ0n) is 10.0. The number of ether oxygens (including phenoxy) is 1. The Bertz CT molecular complexity index is 289. The van der Waals surface area contributed by atoms with E-state index in [1.54, 1.807) is 11.8 Å². The first-order valence-corrected chi connectivity index (χ1v) is 5.57. The van der Waals surface area contributed by atoms with Crippen molar-refractivity contribution in [3.05, 3.63) is 18.0 Å². The quantitative estimate of drug-likeness (QED) is 0.611. The number of methoxy groups -OCH3 is 1. The van der Waals surface area contributed by atoms with Gasteiger partial charge in [-0.05, 0) is 18.4 Å². The number of aliphatic hydroxyl groups is 1. The van der Waals surface area contributed by atoms with Gasteiger partial charge in [0.1, 0.15) is 0 Å². The average Bonchev–Trinajstić information content (AvgIpc) is 2.68. The van der Waals surface area contributed by atoms with Crippen LogP contribution < -0.4 is 5.32 Å². The van der Waals surface area contributed by atoms with Crippen molar-refractivity contribution in [2.24, 2.45) is 7.05 Å². The van der Waals surface area contributed by atoms with Gasteiger partial charge in [0.05, 0.1) is 18.9 Å². The Hall–Kier alpha value is -0.910. The summed E-state index contributed by atoms with van der Waals surface area (Å²) in [5.41, 5.74) is 1.17. The molecule has 1 aromatic rings. The Morgan fingerprint density at radius 3 is 3.06 bits per heavy atom. The smallest absolute Gasteiger partial charge is 0.0667 e. The van der Waals surface area contributed by atoms with Gasteiger partial charge in [-0.1, -0.05) is 0 Å². The van der Waals surface area contributed by atoms with E-state index in [0.29, 0.717) is 13.2 Å². The molecule has 0 aliphatic rings. The number of aryl methyl sites for hydroxylation is 2. The summed E-state index contributed by atoms with van der Waals surface area (Å²) in [6.45, 7) is 2.07. The maximum absolute atomic E-state index is 9.69. The third-order valence-electron chi connectivity index (χ3n) is 2.39. The molecular formula is C11H21N3O2. The van der Waals surface area contributed by atoms with E-state index in [1.165, 1.54) is 5.56 Å². The fourth-order valence-corrected chi connectivity index (χ4v) is 1.48. The molecule has 5 nitrogen and oxygen atoms in total. The number of aliphatic hydroxyl groups excluding tert-OH is 1. The van der Waals surface area contributed by atoms with Crippen LogP contribution in [0.3, 0.4) is 0 Å². The predicted molar refractivity (Wildman–Crippen MR) is 62.3 cm³/mol. The zero-order chi connectivity index (χ0) is 11.8. The van der Waals surface area contributed by atoms with Crippen molar-refractivity contribution >= 4 is 0 Å². The second-order valence-electron chi connectivity index (χ2n) is 3.91. The summed E-state index contributed by atoms with van der Waals surface area (Å²) in [7, 11) is 3.56. The maximum atomic E-state index is 9.69. The van der Waals surface area contributed by atoms with Crippen LogP contribution in [0.4, 0.5) is 0 Å². The molecule has 0 spiro atoms. The average molecular weight is 227 g/mol. The molecule has 0 amide bonds. The van der Waals surface area contributed by atoms with E-state index in [0.717, 1.165) is 19.4 Å². The number of nitrogens with one attached hydrogen (secondary N) is 1. The van der Waals surface area contributed by atoms with E-state index >= 15 is 0 Å². The van der Waals surface area contributed by atoms with Crippen LogP contribution in [0.15, 0.2) is 12.4 Å². The zero-order valence-corrected chi connectivity index (χ0v) is 10.0. The Kier molecular flexibility index (Phi) is 6.07. The normalized spacial score (nSPS) is 12.9. The first-order chi connectivity index (χ1) is 7.72. The summed E-state index contributed by atoms with van der Waals surface area (Å²) in [6, 6.07) is 0. The highest BCUT2D eigenvalue weighted by Crippen LogP contribution is 2.03. The largest absolute Gasteiger partial charge is 0.392 e. The SMILES string of the molecule is COCCNCC(O)CCc1cnn(C)c1. The molecule has 1 atom stereocenters. The fourth-order valence-electron chi connectivity index (χ4n) is 1.48. The fraction of sp³-hybridized carbons (Fsp3) is 0.727. The van der Waals surface area contributed by atoms with Gasteiger partial charge < -0.3 is 15.2 Å². The van der Waals surface area contributed by atoms with Crippen LogP contribution in [0.5, 0.6) is 0 Å². The summed E-state index contributed by atoms with van der Waals surface area (Å²) in [5.74, 6) is 0. The second-order valence-corrected chi connectivity index (χ2v) is 3.91. The Morgan fingerprint density at radius 2 is 2.44 bits per heavy atom. The summed E-state index contributed by atoms with van der Waals surface area (Å²) in [5, 5.41) is 16.9. The molecule has 0 bridgehead atoms. The molecule has 1 unspecified atom stereocenters. The number of aromatic nitrogens is 2. The van der Waals surface area contributed by atoms with Gasteiger partial charge in [-0.15, -0.1) is 0 Å².